The summed E-state index contributed by atoms with van der Waals surface area (Å²) in [7, 11) is 0. The lowest BCUT2D eigenvalue weighted by Crippen LogP contribution is -2.45. The third-order valence-corrected chi connectivity index (χ3v) is 7.17. The molecule has 2 aliphatic rings. The number of aryl methyl sites for hydroxylation is 1. The Bertz CT molecular complexity index is 1180. The molecule has 5 rings (SSSR count). The molecule has 31 heavy (non-hydrogen) atoms. The number of aliphatic hydroxyl groups is 1. The fourth-order valence-electron chi connectivity index (χ4n) is 5.16. The Morgan fingerprint density at radius 3 is 2.58 bits per heavy atom. The van der Waals surface area contributed by atoms with Crippen LogP contribution < -0.4 is 0 Å². The van der Waals surface area contributed by atoms with E-state index in [0.29, 0.717) is 31.2 Å². The summed E-state index contributed by atoms with van der Waals surface area (Å²) in [6.07, 6.45) is 6.87. The molecule has 3 aromatic rings. The van der Waals surface area contributed by atoms with Crippen molar-refractivity contribution in [1.82, 2.24) is 9.78 Å². The normalized spacial score (nSPS) is 24.6. The SMILES string of the molecule is C[C@]12Cc3cnn(-c4ccc(F)cc4)c3C=C1CC[C@@]2(O)CCc1ccc(F)c(F)c1. The van der Waals surface area contributed by atoms with Crippen LogP contribution in [0.3, 0.4) is 0 Å². The Labute approximate surface area is 178 Å². The molecule has 1 aromatic heterocycles. The lowest BCUT2D eigenvalue weighted by atomic mass is 9.65. The molecular formula is C25H23F3N2O. The van der Waals surface area contributed by atoms with Gasteiger partial charge < -0.3 is 5.11 Å². The van der Waals surface area contributed by atoms with Crippen LogP contribution in [0.2, 0.25) is 0 Å². The standard InChI is InChI=1S/C25H23F3N2O/c1-24-14-17-15-29-30(20-5-3-19(26)4-6-20)23(17)13-18(24)9-11-25(24,31)10-8-16-2-7-21(27)22(28)12-16/h2-7,12-13,15,31H,8-11,14H2,1H3/t24-,25-/m0/s1. The quantitative estimate of drug-likeness (QED) is 0.610. The molecule has 0 amide bonds. The predicted octanol–water partition coefficient (Wildman–Crippen LogP) is 5.39. The van der Waals surface area contributed by atoms with Crippen molar-refractivity contribution in [3.8, 4) is 5.69 Å². The second-order valence-corrected chi connectivity index (χ2v) is 8.90. The molecule has 1 heterocycles. The molecule has 1 N–H and O–H groups in total. The highest BCUT2D eigenvalue weighted by atomic mass is 19.2. The first-order valence-electron chi connectivity index (χ1n) is 10.5. The van der Waals surface area contributed by atoms with E-state index >= 15 is 0 Å². The maximum Gasteiger partial charge on any atom is 0.159 e. The van der Waals surface area contributed by atoms with E-state index in [2.05, 4.69) is 18.1 Å². The second kappa shape index (κ2) is 7.09. The maximum absolute atomic E-state index is 13.6. The third-order valence-electron chi connectivity index (χ3n) is 7.17. The molecule has 0 saturated heterocycles. The largest absolute Gasteiger partial charge is 0.389 e. The van der Waals surface area contributed by atoms with Gasteiger partial charge >= 0.3 is 0 Å². The van der Waals surface area contributed by atoms with E-state index in [1.165, 1.54) is 18.2 Å². The molecule has 1 saturated carbocycles. The van der Waals surface area contributed by atoms with E-state index < -0.39 is 22.7 Å². The molecule has 2 aromatic carbocycles. The van der Waals surface area contributed by atoms with E-state index in [9.17, 15) is 18.3 Å². The highest BCUT2D eigenvalue weighted by Gasteiger charge is 2.54. The minimum absolute atomic E-state index is 0.294. The van der Waals surface area contributed by atoms with Gasteiger partial charge in [-0.25, -0.2) is 17.9 Å². The zero-order valence-electron chi connectivity index (χ0n) is 17.2. The number of rotatable bonds is 4. The zero-order valence-corrected chi connectivity index (χ0v) is 17.2. The van der Waals surface area contributed by atoms with Crippen LogP contribution in [-0.4, -0.2) is 20.5 Å². The first-order chi connectivity index (χ1) is 14.8. The average molecular weight is 424 g/mol. The summed E-state index contributed by atoms with van der Waals surface area (Å²) in [5.74, 6) is -2.02. The van der Waals surface area contributed by atoms with Gasteiger partial charge in [-0.2, -0.15) is 5.10 Å². The number of hydrogen-bond acceptors (Lipinski definition) is 2. The first kappa shape index (κ1) is 20.1. The number of halogens is 3. The van der Waals surface area contributed by atoms with E-state index in [0.717, 1.165) is 35.0 Å². The van der Waals surface area contributed by atoms with Crippen molar-refractivity contribution in [3.05, 3.63) is 88.5 Å². The Morgan fingerprint density at radius 2 is 1.84 bits per heavy atom. The smallest absolute Gasteiger partial charge is 0.159 e. The molecule has 0 bridgehead atoms. The van der Waals surface area contributed by atoms with Crippen LogP contribution in [0, 0.1) is 22.9 Å². The molecular weight excluding hydrogens is 401 g/mol. The summed E-state index contributed by atoms with van der Waals surface area (Å²) < 4.78 is 41.9. The van der Waals surface area contributed by atoms with Crippen molar-refractivity contribution >= 4 is 6.08 Å². The lowest BCUT2D eigenvalue weighted by Gasteiger charge is -2.42. The van der Waals surface area contributed by atoms with E-state index in [4.69, 9.17) is 0 Å². The number of fused-ring (bicyclic) bond motifs is 2. The maximum atomic E-state index is 13.6. The van der Waals surface area contributed by atoms with Crippen LogP contribution in [0.4, 0.5) is 13.2 Å². The zero-order chi connectivity index (χ0) is 21.8. The monoisotopic (exact) mass is 424 g/mol. The van der Waals surface area contributed by atoms with Gasteiger partial charge in [0, 0.05) is 5.41 Å². The van der Waals surface area contributed by atoms with Crippen molar-refractivity contribution in [2.75, 3.05) is 0 Å². The van der Waals surface area contributed by atoms with Crippen LogP contribution in [0.5, 0.6) is 0 Å². The van der Waals surface area contributed by atoms with Crippen molar-refractivity contribution < 1.29 is 18.3 Å². The van der Waals surface area contributed by atoms with Gasteiger partial charge in [0.15, 0.2) is 11.6 Å². The fraction of sp³-hybridized carbons (Fsp3) is 0.320. The summed E-state index contributed by atoms with van der Waals surface area (Å²) in [6.45, 7) is 2.08. The second-order valence-electron chi connectivity index (χ2n) is 8.90. The van der Waals surface area contributed by atoms with Gasteiger partial charge in [-0.05, 0) is 85.7 Å². The van der Waals surface area contributed by atoms with Crippen LogP contribution in [0.25, 0.3) is 11.8 Å². The number of aromatic nitrogens is 2. The first-order valence-corrected chi connectivity index (χ1v) is 10.5. The van der Waals surface area contributed by atoms with Gasteiger partial charge in [-0.3, -0.25) is 0 Å². The van der Waals surface area contributed by atoms with Gasteiger partial charge in [-0.15, -0.1) is 0 Å². The predicted molar refractivity (Wildman–Crippen MR) is 112 cm³/mol. The van der Waals surface area contributed by atoms with Gasteiger partial charge in [0.1, 0.15) is 5.82 Å². The van der Waals surface area contributed by atoms with Crippen molar-refractivity contribution in [2.24, 2.45) is 5.41 Å². The molecule has 3 nitrogen and oxygen atoms in total. The Morgan fingerprint density at radius 1 is 1.06 bits per heavy atom. The number of nitrogens with zero attached hydrogens (tertiary/aromatic N) is 2. The summed E-state index contributed by atoms with van der Waals surface area (Å²) in [5.41, 5.74) is 3.22. The minimum Gasteiger partial charge on any atom is -0.389 e. The van der Waals surface area contributed by atoms with Crippen LogP contribution in [0.15, 0.2) is 54.2 Å². The number of hydrogen-bond donors (Lipinski definition) is 1. The molecule has 0 aliphatic heterocycles. The van der Waals surface area contributed by atoms with Gasteiger partial charge in [0.25, 0.3) is 0 Å². The Hall–Kier alpha value is -2.86. The Kier molecular flexibility index (Phi) is 4.59. The van der Waals surface area contributed by atoms with Gasteiger partial charge in [0.05, 0.1) is 23.2 Å². The third kappa shape index (κ3) is 3.21. The molecule has 6 heteroatoms. The summed E-state index contributed by atoms with van der Waals surface area (Å²) in [6, 6.07) is 10.1. The van der Waals surface area contributed by atoms with E-state index in [1.54, 1.807) is 22.9 Å². The van der Waals surface area contributed by atoms with Gasteiger partial charge in [-0.1, -0.05) is 18.6 Å². The molecule has 0 unspecified atom stereocenters. The van der Waals surface area contributed by atoms with Crippen molar-refractivity contribution in [2.45, 2.75) is 44.6 Å². The molecule has 160 valence electrons. The van der Waals surface area contributed by atoms with Crippen molar-refractivity contribution in [3.63, 3.8) is 0 Å². The lowest BCUT2D eigenvalue weighted by molar-refractivity contribution is -0.0461. The summed E-state index contributed by atoms with van der Waals surface area (Å²) >= 11 is 0. The Balaban J connectivity index is 1.42. The summed E-state index contributed by atoms with van der Waals surface area (Å²) in [4.78, 5) is 0. The number of benzene rings is 2. The van der Waals surface area contributed by atoms with E-state index in [1.807, 2.05) is 6.20 Å². The van der Waals surface area contributed by atoms with Gasteiger partial charge in [0.2, 0.25) is 0 Å². The van der Waals surface area contributed by atoms with E-state index in [-0.39, 0.29) is 5.82 Å². The highest BCUT2D eigenvalue weighted by molar-refractivity contribution is 5.62. The molecule has 0 spiro atoms. The van der Waals surface area contributed by atoms with Crippen LogP contribution in [-0.2, 0) is 12.8 Å². The fourth-order valence-corrected chi connectivity index (χ4v) is 5.16. The van der Waals surface area contributed by atoms with Crippen LogP contribution in [0.1, 0.15) is 43.0 Å². The topological polar surface area (TPSA) is 38.0 Å². The highest BCUT2D eigenvalue weighted by Crippen LogP contribution is 2.56. The molecule has 2 aliphatic carbocycles. The molecule has 0 radical (unpaired) electrons. The molecule has 2 atom stereocenters. The summed E-state index contributed by atoms with van der Waals surface area (Å²) in [5, 5.41) is 16.1. The minimum atomic E-state index is -0.945. The van der Waals surface area contributed by atoms with Crippen LogP contribution >= 0.6 is 0 Å². The van der Waals surface area contributed by atoms with Crippen molar-refractivity contribution in [1.29, 1.82) is 0 Å². The average Bonchev–Trinajstić information content (AvgIpc) is 3.26. The molecule has 1 fully saturated rings.